The first-order chi connectivity index (χ1) is 12.5. The highest BCUT2D eigenvalue weighted by Crippen LogP contribution is 2.31. The third kappa shape index (κ3) is 3.21. The summed E-state index contributed by atoms with van der Waals surface area (Å²) < 4.78 is 6.12. The molecule has 6 nitrogen and oxygen atoms in total. The van der Waals surface area contributed by atoms with Crippen LogP contribution in [-0.2, 0) is 6.54 Å². The molecule has 138 valence electrons. The van der Waals surface area contributed by atoms with Crippen LogP contribution in [0.15, 0.2) is 18.2 Å². The second-order valence-electron chi connectivity index (χ2n) is 7.37. The number of hydrogen-bond acceptors (Lipinski definition) is 5. The first-order valence-electron chi connectivity index (χ1n) is 9.27. The van der Waals surface area contributed by atoms with Crippen molar-refractivity contribution < 1.29 is 9.53 Å². The number of hydrogen-bond donors (Lipinski definition) is 3. The first kappa shape index (κ1) is 17.4. The molecule has 2 fully saturated rings. The predicted octanol–water partition coefficient (Wildman–Crippen LogP) is 2.35. The van der Waals surface area contributed by atoms with E-state index in [1.54, 1.807) is 4.90 Å². The highest BCUT2D eigenvalue weighted by atomic mass is 32.1. The maximum absolute atomic E-state index is 12.8. The van der Waals surface area contributed by atoms with E-state index in [-0.39, 0.29) is 24.1 Å². The van der Waals surface area contributed by atoms with E-state index in [0.29, 0.717) is 35.8 Å². The zero-order valence-corrected chi connectivity index (χ0v) is 15.5. The fourth-order valence-electron chi connectivity index (χ4n) is 4.11. The van der Waals surface area contributed by atoms with E-state index in [9.17, 15) is 4.79 Å². The maximum Gasteiger partial charge on any atom is 0.255 e. The number of thiocarbonyl (C=S) groups is 1. The SMILES string of the molecule is N=C1NC(=S)CCC1N1Cc2cc(O[C@H]3CCCC[C@@H]3N)ccc2C1=O. The Kier molecular flexibility index (Phi) is 4.67. The summed E-state index contributed by atoms with van der Waals surface area (Å²) in [6.45, 7) is 0.504. The van der Waals surface area contributed by atoms with Crippen LogP contribution in [-0.4, -0.2) is 39.8 Å². The van der Waals surface area contributed by atoms with Crippen LogP contribution < -0.4 is 15.8 Å². The second kappa shape index (κ2) is 6.96. The van der Waals surface area contributed by atoms with Crippen molar-refractivity contribution in [3.05, 3.63) is 29.3 Å². The van der Waals surface area contributed by atoms with Crippen LogP contribution in [0.1, 0.15) is 54.4 Å². The minimum Gasteiger partial charge on any atom is -0.489 e. The first-order valence-corrected chi connectivity index (χ1v) is 9.68. The van der Waals surface area contributed by atoms with Crippen molar-refractivity contribution >= 4 is 28.9 Å². The Bertz CT molecular complexity index is 766. The number of fused-ring (bicyclic) bond motifs is 1. The number of nitrogens with two attached hydrogens (primary N) is 1. The maximum atomic E-state index is 12.8. The Hall–Kier alpha value is -1.99. The van der Waals surface area contributed by atoms with Crippen LogP contribution in [0.25, 0.3) is 0 Å². The molecule has 0 aromatic heterocycles. The molecule has 2 aliphatic heterocycles. The molecular formula is C19H24N4O2S. The van der Waals surface area contributed by atoms with Crippen molar-refractivity contribution in [1.82, 2.24) is 10.2 Å². The lowest BCUT2D eigenvalue weighted by Crippen LogP contribution is -2.51. The van der Waals surface area contributed by atoms with Crippen molar-refractivity contribution in [1.29, 1.82) is 5.41 Å². The van der Waals surface area contributed by atoms with E-state index in [2.05, 4.69) is 5.32 Å². The van der Waals surface area contributed by atoms with Gasteiger partial charge in [0.15, 0.2) is 0 Å². The Labute approximate surface area is 158 Å². The molecule has 0 bridgehead atoms. The highest BCUT2D eigenvalue weighted by molar-refractivity contribution is 7.80. The minimum atomic E-state index is -0.238. The topological polar surface area (TPSA) is 91.4 Å². The van der Waals surface area contributed by atoms with Gasteiger partial charge in [0.1, 0.15) is 17.7 Å². The minimum absolute atomic E-state index is 0.0229. The molecule has 1 saturated heterocycles. The highest BCUT2D eigenvalue weighted by Gasteiger charge is 2.37. The molecule has 3 atom stereocenters. The molecule has 1 aromatic carbocycles. The van der Waals surface area contributed by atoms with Crippen molar-refractivity contribution in [2.24, 2.45) is 5.73 Å². The lowest BCUT2D eigenvalue weighted by atomic mass is 9.93. The second-order valence-corrected chi connectivity index (χ2v) is 7.87. The molecule has 7 heteroatoms. The van der Waals surface area contributed by atoms with Crippen LogP contribution in [0.2, 0.25) is 0 Å². The lowest BCUT2D eigenvalue weighted by molar-refractivity contribution is 0.0740. The average Bonchev–Trinajstić information content (AvgIpc) is 2.93. The number of rotatable bonds is 3. The van der Waals surface area contributed by atoms with Gasteiger partial charge in [0.05, 0.1) is 11.0 Å². The summed E-state index contributed by atoms with van der Waals surface area (Å²) in [4.78, 5) is 15.2. The third-order valence-corrected chi connectivity index (χ3v) is 5.88. The normalized spacial score (nSPS) is 28.7. The largest absolute Gasteiger partial charge is 0.489 e. The molecule has 3 aliphatic rings. The predicted molar refractivity (Wildman–Crippen MR) is 104 cm³/mol. The summed E-state index contributed by atoms with van der Waals surface area (Å²) in [6.07, 6.45) is 5.75. The summed E-state index contributed by atoms with van der Waals surface area (Å²) in [6, 6.07) is 5.50. The number of carbonyl (C=O) groups excluding carboxylic acids is 1. The number of ether oxygens (including phenoxy) is 1. The molecule has 26 heavy (non-hydrogen) atoms. The monoisotopic (exact) mass is 372 g/mol. The fraction of sp³-hybridized carbons (Fsp3) is 0.526. The molecule has 1 amide bonds. The average molecular weight is 372 g/mol. The van der Waals surface area contributed by atoms with Gasteiger partial charge in [-0.25, -0.2) is 0 Å². The summed E-state index contributed by atoms with van der Waals surface area (Å²) in [5.41, 5.74) is 7.84. The smallest absolute Gasteiger partial charge is 0.255 e. The van der Waals surface area contributed by atoms with Crippen LogP contribution in [0.4, 0.5) is 0 Å². The number of piperidine rings is 1. The van der Waals surface area contributed by atoms with Crippen molar-refractivity contribution in [2.45, 2.75) is 63.3 Å². The van der Waals surface area contributed by atoms with Gasteiger partial charge in [0, 0.05) is 24.6 Å². The zero-order chi connectivity index (χ0) is 18.3. The van der Waals surface area contributed by atoms with E-state index < -0.39 is 0 Å². The summed E-state index contributed by atoms with van der Waals surface area (Å²) in [5, 5.41) is 11.0. The molecular weight excluding hydrogens is 348 g/mol. The Balaban J connectivity index is 1.49. The van der Waals surface area contributed by atoms with Gasteiger partial charge in [0.25, 0.3) is 5.91 Å². The Morgan fingerprint density at radius 1 is 1.27 bits per heavy atom. The molecule has 1 aliphatic carbocycles. The Morgan fingerprint density at radius 3 is 2.85 bits per heavy atom. The standard InChI is InChI=1S/C19H24N4O2S/c20-14-3-1-2-4-16(14)25-12-5-6-13-11(9-12)10-23(19(13)24)15-7-8-17(26)22-18(15)21/h5-6,9,14-16H,1-4,7-8,10,20H2,(H2,21,22,26)/t14-,15?,16-/m0/s1. The van der Waals surface area contributed by atoms with E-state index >= 15 is 0 Å². The van der Waals surface area contributed by atoms with E-state index in [4.69, 9.17) is 28.1 Å². The van der Waals surface area contributed by atoms with Gasteiger partial charge in [-0.15, -0.1) is 0 Å². The molecule has 1 aromatic rings. The van der Waals surface area contributed by atoms with Crippen LogP contribution in [0.5, 0.6) is 5.75 Å². The van der Waals surface area contributed by atoms with Gasteiger partial charge in [-0.05, 0) is 49.4 Å². The molecule has 1 saturated carbocycles. The van der Waals surface area contributed by atoms with Crippen molar-refractivity contribution in [3.8, 4) is 5.75 Å². The van der Waals surface area contributed by atoms with Gasteiger partial charge in [-0.3, -0.25) is 10.2 Å². The summed E-state index contributed by atoms with van der Waals surface area (Å²) in [7, 11) is 0. The number of amidine groups is 1. The molecule has 0 spiro atoms. The van der Waals surface area contributed by atoms with E-state index in [1.807, 2.05) is 18.2 Å². The zero-order valence-electron chi connectivity index (χ0n) is 14.7. The van der Waals surface area contributed by atoms with Gasteiger partial charge in [-0.2, -0.15) is 0 Å². The molecule has 4 rings (SSSR count). The van der Waals surface area contributed by atoms with Crippen LogP contribution in [0.3, 0.4) is 0 Å². The van der Waals surface area contributed by atoms with Crippen molar-refractivity contribution in [2.75, 3.05) is 0 Å². The lowest BCUT2D eigenvalue weighted by Gasteiger charge is -2.32. The number of carbonyl (C=O) groups is 1. The number of benzene rings is 1. The third-order valence-electron chi connectivity index (χ3n) is 5.58. The number of nitrogens with one attached hydrogen (secondary N) is 2. The molecule has 1 unspecified atom stereocenters. The van der Waals surface area contributed by atoms with Gasteiger partial charge >= 0.3 is 0 Å². The van der Waals surface area contributed by atoms with E-state index in [1.165, 1.54) is 6.42 Å². The van der Waals surface area contributed by atoms with Gasteiger partial charge in [-0.1, -0.05) is 18.6 Å². The molecule has 2 heterocycles. The quantitative estimate of drug-likeness (QED) is 0.709. The molecule has 4 N–H and O–H groups in total. The van der Waals surface area contributed by atoms with E-state index in [0.717, 1.165) is 30.6 Å². The fourth-order valence-corrected chi connectivity index (χ4v) is 4.34. The summed E-state index contributed by atoms with van der Waals surface area (Å²) in [5.74, 6) is 1.07. The van der Waals surface area contributed by atoms with Gasteiger partial charge in [0.2, 0.25) is 0 Å². The number of nitrogens with zero attached hydrogens (tertiary/aromatic N) is 1. The summed E-state index contributed by atoms with van der Waals surface area (Å²) >= 11 is 5.13. The van der Waals surface area contributed by atoms with Crippen LogP contribution in [0, 0.1) is 5.41 Å². The van der Waals surface area contributed by atoms with Gasteiger partial charge < -0.3 is 20.7 Å². The number of amides is 1. The Morgan fingerprint density at radius 2 is 2.08 bits per heavy atom. The van der Waals surface area contributed by atoms with Crippen LogP contribution >= 0.6 is 12.2 Å². The van der Waals surface area contributed by atoms with Crippen molar-refractivity contribution in [3.63, 3.8) is 0 Å². The molecule has 0 radical (unpaired) electrons.